The number of hydrogen-bond acceptors (Lipinski definition) is 1. The van der Waals surface area contributed by atoms with E-state index in [2.05, 4.69) is 20.8 Å². The Labute approximate surface area is 80.1 Å². The van der Waals surface area contributed by atoms with Crippen LogP contribution >= 0.6 is 11.6 Å². The maximum absolute atomic E-state index is 10.3. The predicted octanol–water partition coefficient (Wildman–Crippen LogP) is 2.95. The minimum absolute atomic E-state index is 0.00989. The van der Waals surface area contributed by atoms with Gasteiger partial charge in [-0.25, -0.2) is 0 Å². The van der Waals surface area contributed by atoms with Crippen LogP contribution in [0.2, 0.25) is 0 Å². The van der Waals surface area contributed by atoms with Crippen molar-refractivity contribution in [3.8, 4) is 0 Å². The Hall–Kier alpha value is 0.250. The highest BCUT2D eigenvalue weighted by molar-refractivity contribution is 6.20. The Balaban J connectivity index is 2.62. The van der Waals surface area contributed by atoms with Crippen molar-refractivity contribution in [2.45, 2.75) is 57.4 Å². The first-order valence-electron chi connectivity index (χ1n) is 4.72. The molecule has 0 aromatic heterocycles. The lowest BCUT2D eigenvalue weighted by atomic mass is 9.68. The third-order valence-electron chi connectivity index (χ3n) is 3.14. The van der Waals surface area contributed by atoms with Crippen LogP contribution in [0, 0.1) is 5.41 Å². The summed E-state index contributed by atoms with van der Waals surface area (Å²) >= 11 is 5.98. The molecule has 0 radical (unpaired) electrons. The zero-order valence-electron chi connectivity index (χ0n) is 8.23. The fourth-order valence-electron chi connectivity index (χ4n) is 1.81. The molecule has 0 aromatic rings. The highest BCUT2D eigenvalue weighted by Gasteiger charge is 2.42. The van der Waals surface area contributed by atoms with Gasteiger partial charge in [-0.15, -0.1) is 11.6 Å². The van der Waals surface area contributed by atoms with Gasteiger partial charge in [-0.1, -0.05) is 20.8 Å². The number of hydrogen-bond donors (Lipinski definition) is 1. The molecule has 1 aliphatic carbocycles. The van der Waals surface area contributed by atoms with Crippen molar-refractivity contribution in [1.29, 1.82) is 0 Å². The van der Waals surface area contributed by atoms with E-state index >= 15 is 0 Å². The molecule has 12 heavy (non-hydrogen) atoms. The molecule has 1 nitrogen and oxygen atoms in total. The summed E-state index contributed by atoms with van der Waals surface area (Å²) in [7, 11) is 0. The third kappa shape index (κ3) is 1.94. The average molecular weight is 191 g/mol. The maximum atomic E-state index is 10.3. The van der Waals surface area contributed by atoms with Crippen LogP contribution in [0.25, 0.3) is 0 Å². The molecular formula is C10H19ClO. The molecule has 72 valence electrons. The molecule has 0 heterocycles. The van der Waals surface area contributed by atoms with E-state index in [9.17, 15) is 5.11 Å². The van der Waals surface area contributed by atoms with Crippen molar-refractivity contribution in [2.24, 2.45) is 5.41 Å². The Morgan fingerprint density at radius 2 is 1.67 bits per heavy atom. The topological polar surface area (TPSA) is 20.2 Å². The van der Waals surface area contributed by atoms with Crippen molar-refractivity contribution in [3.05, 3.63) is 0 Å². The van der Waals surface area contributed by atoms with Gasteiger partial charge in [-0.3, -0.25) is 0 Å². The molecule has 1 rings (SSSR count). The normalized spacial score (nSPS) is 38.2. The second kappa shape index (κ2) is 3.19. The Morgan fingerprint density at radius 3 is 2.00 bits per heavy atom. The molecule has 1 fully saturated rings. The second-order valence-electron chi connectivity index (χ2n) is 4.96. The van der Waals surface area contributed by atoms with Gasteiger partial charge < -0.3 is 5.11 Å². The molecule has 0 unspecified atom stereocenters. The zero-order chi connectivity index (χ0) is 9.41. The number of alkyl halides is 1. The molecule has 1 aliphatic rings. The van der Waals surface area contributed by atoms with Crippen LogP contribution in [0.3, 0.4) is 0 Å². The molecule has 1 saturated carbocycles. The summed E-state index contributed by atoms with van der Waals surface area (Å²) in [5.74, 6) is 0. The van der Waals surface area contributed by atoms with Crippen LogP contribution in [0.15, 0.2) is 0 Å². The van der Waals surface area contributed by atoms with E-state index in [-0.39, 0.29) is 10.8 Å². The van der Waals surface area contributed by atoms with Gasteiger partial charge in [0.25, 0.3) is 0 Å². The standard InChI is InChI=1S/C10H19ClO/c1-9(2,3)10(12)6-4-8(11)5-7-10/h8,12H,4-7H2,1-3H3. The highest BCUT2D eigenvalue weighted by Crippen LogP contribution is 2.42. The smallest absolute Gasteiger partial charge is 0.0696 e. The van der Waals surface area contributed by atoms with E-state index in [0.29, 0.717) is 0 Å². The molecule has 0 amide bonds. The molecule has 0 saturated heterocycles. The van der Waals surface area contributed by atoms with Crippen LogP contribution in [-0.4, -0.2) is 16.1 Å². The van der Waals surface area contributed by atoms with Crippen molar-refractivity contribution < 1.29 is 5.11 Å². The minimum Gasteiger partial charge on any atom is -0.389 e. The van der Waals surface area contributed by atoms with Crippen molar-refractivity contribution in [3.63, 3.8) is 0 Å². The monoisotopic (exact) mass is 190 g/mol. The van der Waals surface area contributed by atoms with Gasteiger partial charge in [-0.05, 0) is 31.1 Å². The summed E-state index contributed by atoms with van der Waals surface area (Å²) in [5, 5.41) is 10.6. The van der Waals surface area contributed by atoms with E-state index in [1.54, 1.807) is 0 Å². The molecule has 0 atom stereocenters. The Bertz CT molecular complexity index is 152. The molecule has 1 N–H and O–H groups in total. The van der Waals surface area contributed by atoms with Crippen molar-refractivity contribution in [1.82, 2.24) is 0 Å². The molecule has 0 aliphatic heterocycles. The Morgan fingerprint density at radius 1 is 1.25 bits per heavy atom. The minimum atomic E-state index is -0.488. The molecule has 0 spiro atoms. The van der Waals surface area contributed by atoms with E-state index in [0.717, 1.165) is 25.7 Å². The zero-order valence-corrected chi connectivity index (χ0v) is 8.99. The molecule has 0 bridgehead atoms. The maximum Gasteiger partial charge on any atom is 0.0696 e. The third-order valence-corrected chi connectivity index (χ3v) is 3.57. The first-order chi connectivity index (χ1) is 5.35. The predicted molar refractivity (Wildman–Crippen MR) is 52.5 cm³/mol. The molecular weight excluding hydrogens is 172 g/mol. The van der Waals surface area contributed by atoms with E-state index in [1.807, 2.05) is 0 Å². The van der Waals surface area contributed by atoms with Gasteiger partial charge in [0.1, 0.15) is 0 Å². The second-order valence-corrected chi connectivity index (χ2v) is 5.57. The largest absolute Gasteiger partial charge is 0.389 e. The van der Waals surface area contributed by atoms with E-state index in [1.165, 1.54) is 0 Å². The van der Waals surface area contributed by atoms with Gasteiger partial charge in [0, 0.05) is 5.38 Å². The lowest BCUT2D eigenvalue weighted by Gasteiger charge is -2.44. The number of halogens is 1. The van der Waals surface area contributed by atoms with Crippen molar-refractivity contribution >= 4 is 11.6 Å². The Kier molecular flexibility index (Phi) is 2.75. The summed E-state index contributed by atoms with van der Waals surface area (Å²) in [6.07, 6.45) is 3.61. The summed E-state index contributed by atoms with van der Waals surface area (Å²) in [5.41, 5.74) is -0.498. The highest BCUT2D eigenvalue weighted by atomic mass is 35.5. The van der Waals surface area contributed by atoms with Crippen molar-refractivity contribution in [2.75, 3.05) is 0 Å². The summed E-state index contributed by atoms with van der Waals surface area (Å²) < 4.78 is 0. The van der Waals surface area contributed by atoms with Gasteiger partial charge >= 0.3 is 0 Å². The van der Waals surface area contributed by atoms with Gasteiger partial charge in [0.15, 0.2) is 0 Å². The summed E-state index contributed by atoms with van der Waals surface area (Å²) in [6.45, 7) is 6.30. The fourth-order valence-corrected chi connectivity index (χ4v) is 2.03. The van der Waals surface area contributed by atoms with Crippen LogP contribution < -0.4 is 0 Å². The van der Waals surface area contributed by atoms with Crippen LogP contribution in [0.4, 0.5) is 0 Å². The quantitative estimate of drug-likeness (QED) is 0.583. The molecule has 0 aromatic carbocycles. The first-order valence-corrected chi connectivity index (χ1v) is 5.15. The fraction of sp³-hybridized carbons (Fsp3) is 1.00. The van der Waals surface area contributed by atoms with Crippen LogP contribution in [0.5, 0.6) is 0 Å². The van der Waals surface area contributed by atoms with Crippen LogP contribution in [0.1, 0.15) is 46.5 Å². The lowest BCUT2D eigenvalue weighted by Crippen LogP contribution is -2.45. The van der Waals surface area contributed by atoms with Gasteiger partial charge in [0.2, 0.25) is 0 Å². The summed E-state index contributed by atoms with van der Waals surface area (Å²) in [4.78, 5) is 0. The number of aliphatic hydroxyl groups is 1. The van der Waals surface area contributed by atoms with E-state index in [4.69, 9.17) is 11.6 Å². The van der Waals surface area contributed by atoms with E-state index < -0.39 is 5.60 Å². The number of rotatable bonds is 0. The average Bonchev–Trinajstić information content (AvgIpc) is 1.93. The van der Waals surface area contributed by atoms with Crippen LogP contribution in [-0.2, 0) is 0 Å². The summed E-state index contributed by atoms with van der Waals surface area (Å²) in [6, 6.07) is 0. The lowest BCUT2D eigenvalue weighted by molar-refractivity contribution is -0.0837. The van der Waals surface area contributed by atoms with Gasteiger partial charge in [0.05, 0.1) is 5.60 Å². The first kappa shape index (κ1) is 10.3. The SMILES string of the molecule is CC(C)(C)C1(O)CCC(Cl)CC1. The van der Waals surface area contributed by atoms with Gasteiger partial charge in [-0.2, -0.15) is 0 Å². The molecule has 2 heteroatoms.